The molecule has 1 N–H and O–H groups in total. The molecule has 0 spiro atoms. The average molecular weight is 317 g/mol. The Morgan fingerprint density at radius 1 is 1.17 bits per heavy atom. The highest BCUT2D eigenvalue weighted by Gasteiger charge is 2.38. The molecule has 1 saturated carbocycles. The summed E-state index contributed by atoms with van der Waals surface area (Å²) in [6, 6.07) is 6.10. The molecule has 1 aliphatic carbocycles. The lowest BCUT2D eigenvalue weighted by Crippen LogP contribution is -2.59. The van der Waals surface area contributed by atoms with Gasteiger partial charge < -0.3 is 14.7 Å². The molecule has 1 aromatic rings. The summed E-state index contributed by atoms with van der Waals surface area (Å²) in [6.45, 7) is 5.24. The van der Waals surface area contributed by atoms with E-state index in [9.17, 15) is 9.90 Å². The summed E-state index contributed by atoms with van der Waals surface area (Å²) in [5.74, 6) is 0.963. The fourth-order valence-electron chi connectivity index (χ4n) is 3.68. The number of aliphatic hydroxyl groups excluding tert-OH is 1. The summed E-state index contributed by atoms with van der Waals surface area (Å²) in [5.41, 5.74) is 2.24. The van der Waals surface area contributed by atoms with E-state index in [1.807, 2.05) is 32.0 Å². The molecule has 0 aromatic heterocycles. The Balaban J connectivity index is 1.51. The molecule has 0 bridgehead atoms. The number of likely N-dealkylation sites (tertiary alicyclic amines) is 1. The smallest absolute Gasteiger partial charge is 0.251 e. The second-order valence-corrected chi connectivity index (χ2v) is 7.05. The average Bonchev–Trinajstić information content (AvgIpc) is 2.52. The molecule has 2 aliphatic rings. The number of hydrogen-bond acceptors (Lipinski definition) is 3. The lowest BCUT2D eigenvalue weighted by Gasteiger charge is -2.41. The highest BCUT2D eigenvalue weighted by Crippen LogP contribution is 2.29. The van der Waals surface area contributed by atoms with Crippen molar-refractivity contribution >= 4 is 5.91 Å². The van der Waals surface area contributed by atoms with Crippen LogP contribution in [-0.4, -0.2) is 41.2 Å². The van der Waals surface area contributed by atoms with Gasteiger partial charge in [-0.1, -0.05) is 37.5 Å². The zero-order valence-corrected chi connectivity index (χ0v) is 14.1. The van der Waals surface area contributed by atoms with E-state index in [4.69, 9.17) is 4.74 Å². The molecule has 23 heavy (non-hydrogen) atoms. The van der Waals surface area contributed by atoms with E-state index < -0.39 is 6.10 Å². The Bertz CT molecular complexity index is 539. The molecule has 0 radical (unpaired) electrons. The van der Waals surface area contributed by atoms with Crippen LogP contribution in [0.5, 0.6) is 5.75 Å². The van der Waals surface area contributed by atoms with Gasteiger partial charge in [-0.3, -0.25) is 4.79 Å². The molecule has 0 unspecified atom stereocenters. The standard InChI is InChI=1S/C19H27NO3/c1-13-7-6-8-14(2)18(13)23-16-11-20(12-16)19(22)17(21)15-9-4-3-5-10-15/h6-8,15-17,21H,3-5,9-12H2,1-2H3/t17-/m1/s1. The third-order valence-corrected chi connectivity index (χ3v) is 5.20. The van der Waals surface area contributed by atoms with Gasteiger partial charge in [0.25, 0.3) is 5.91 Å². The Morgan fingerprint density at radius 2 is 1.78 bits per heavy atom. The maximum absolute atomic E-state index is 12.4. The highest BCUT2D eigenvalue weighted by molar-refractivity contribution is 5.81. The van der Waals surface area contributed by atoms with E-state index in [2.05, 4.69) is 0 Å². The zero-order valence-electron chi connectivity index (χ0n) is 14.1. The fraction of sp³-hybridized carbons (Fsp3) is 0.632. The van der Waals surface area contributed by atoms with E-state index in [-0.39, 0.29) is 17.9 Å². The van der Waals surface area contributed by atoms with Crippen LogP contribution in [-0.2, 0) is 4.79 Å². The first kappa shape index (κ1) is 16.3. The van der Waals surface area contributed by atoms with Gasteiger partial charge >= 0.3 is 0 Å². The van der Waals surface area contributed by atoms with Gasteiger partial charge in [-0.25, -0.2) is 0 Å². The van der Waals surface area contributed by atoms with Crippen LogP contribution in [0.3, 0.4) is 0 Å². The van der Waals surface area contributed by atoms with Crippen molar-refractivity contribution in [2.24, 2.45) is 5.92 Å². The topological polar surface area (TPSA) is 49.8 Å². The van der Waals surface area contributed by atoms with Crippen molar-refractivity contribution in [2.45, 2.75) is 58.2 Å². The summed E-state index contributed by atoms with van der Waals surface area (Å²) < 4.78 is 6.04. The van der Waals surface area contributed by atoms with Crippen molar-refractivity contribution in [2.75, 3.05) is 13.1 Å². The zero-order chi connectivity index (χ0) is 16.4. The second kappa shape index (κ2) is 6.91. The van der Waals surface area contributed by atoms with Crippen molar-refractivity contribution < 1.29 is 14.6 Å². The SMILES string of the molecule is Cc1cccc(C)c1OC1CN(C(=O)[C@H](O)C2CCCCC2)C1. The first-order valence-corrected chi connectivity index (χ1v) is 8.76. The Morgan fingerprint density at radius 3 is 2.39 bits per heavy atom. The molecule has 1 saturated heterocycles. The van der Waals surface area contributed by atoms with E-state index in [1.54, 1.807) is 4.90 Å². The molecule has 1 aromatic carbocycles. The lowest BCUT2D eigenvalue weighted by molar-refractivity contribution is -0.152. The monoisotopic (exact) mass is 317 g/mol. The number of nitrogens with zero attached hydrogens (tertiary/aromatic N) is 1. The van der Waals surface area contributed by atoms with Crippen molar-refractivity contribution in [3.8, 4) is 5.75 Å². The maximum Gasteiger partial charge on any atom is 0.251 e. The molecular formula is C19H27NO3. The number of aryl methyl sites for hydroxylation is 2. The molecule has 3 rings (SSSR count). The minimum Gasteiger partial charge on any atom is -0.486 e. The molecule has 4 nitrogen and oxygen atoms in total. The number of hydrogen-bond donors (Lipinski definition) is 1. The quantitative estimate of drug-likeness (QED) is 0.929. The van der Waals surface area contributed by atoms with Crippen LogP contribution in [0.25, 0.3) is 0 Å². The third kappa shape index (κ3) is 3.52. The van der Waals surface area contributed by atoms with E-state index >= 15 is 0 Å². The van der Waals surface area contributed by atoms with Crippen molar-refractivity contribution in [3.63, 3.8) is 0 Å². The van der Waals surface area contributed by atoms with E-state index in [0.29, 0.717) is 13.1 Å². The highest BCUT2D eigenvalue weighted by atomic mass is 16.5. The number of rotatable bonds is 4. The number of para-hydroxylation sites is 1. The second-order valence-electron chi connectivity index (χ2n) is 7.05. The Labute approximate surface area is 138 Å². The molecule has 1 heterocycles. The van der Waals surface area contributed by atoms with Gasteiger partial charge in [0.05, 0.1) is 13.1 Å². The van der Waals surface area contributed by atoms with Gasteiger partial charge in [0.15, 0.2) is 0 Å². The Hall–Kier alpha value is -1.55. The predicted octanol–water partition coefficient (Wildman–Crippen LogP) is 2.83. The molecular weight excluding hydrogens is 290 g/mol. The van der Waals surface area contributed by atoms with Crippen LogP contribution < -0.4 is 4.74 Å². The molecule has 1 aliphatic heterocycles. The van der Waals surface area contributed by atoms with Crippen LogP contribution in [0.1, 0.15) is 43.2 Å². The normalized spacial score (nSPS) is 20.9. The number of aliphatic hydroxyl groups is 1. The number of ether oxygens (including phenoxy) is 1. The van der Waals surface area contributed by atoms with Crippen molar-refractivity contribution in [3.05, 3.63) is 29.3 Å². The van der Waals surface area contributed by atoms with Crippen LogP contribution >= 0.6 is 0 Å². The molecule has 1 atom stereocenters. The van der Waals surface area contributed by atoms with E-state index in [1.165, 1.54) is 6.42 Å². The van der Waals surface area contributed by atoms with Gasteiger partial charge in [0.1, 0.15) is 18.0 Å². The Kier molecular flexibility index (Phi) is 4.90. The van der Waals surface area contributed by atoms with Crippen LogP contribution in [0.2, 0.25) is 0 Å². The van der Waals surface area contributed by atoms with Gasteiger partial charge in [0.2, 0.25) is 0 Å². The van der Waals surface area contributed by atoms with Gasteiger partial charge in [-0.15, -0.1) is 0 Å². The van der Waals surface area contributed by atoms with Gasteiger partial charge in [-0.05, 0) is 43.7 Å². The largest absolute Gasteiger partial charge is 0.486 e. The summed E-state index contributed by atoms with van der Waals surface area (Å²) >= 11 is 0. The minimum atomic E-state index is -0.823. The summed E-state index contributed by atoms with van der Waals surface area (Å²) in [4.78, 5) is 14.1. The lowest BCUT2D eigenvalue weighted by atomic mass is 9.84. The number of carbonyl (C=O) groups is 1. The molecule has 126 valence electrons. The number of benzene rings is 1. The van der Waals surface area contributed by atoms with Crippen molar-refractivity contribution in [1.29, 1.82) is 0 Å². The van der Waals surface area contributed by atoms with Gasteiger partial charge in [0, 0.05) is 0 Å². The molecule has 1 amide bonds. The molecule has 4 heteroatoms. The summed E-state index contributed by atoms with van der Waals surface area (Å²) in [7, 11) is 0. The first-order valence-electron chi connectivity index (χ1n) is 8.76. The van der Waals surface area contributed by atoms with Crippen molar-refractivity contribution in [1.82, 2.24) is 4.90 Å². The number of carbonyl (C=O) groups excluding carboxylic acids is 1. The molecule has 2 fully saturated rings. The van der Waals surface area contributed by atoms with Crippen LogP contribution in [0.15, 0.2) is 18.2 Å². The summed E-state index contributed by atoms with van der Waals surface area (Å²) in [6.07, 6.45) is 4.66. The third-order valence-electron chi connectivity index (χ3n) is 5.20. The number of amides is 1. The maximum atomic E-state index is 12.4. The van der Waals surface area contributed by atoms with E-state index in [0.717, 1.165) is 42.6 Å². The van der Waals surface area contributed by atoms with Gasteiger partial charge in [-0.2, -0.15) is 0 Å². The van der Waals surface area contributed by atoms with Crippen LogP contribution in [0.4, 0.5) is 0 Å². The minimum absolute atomic E-state index is 0.0392. The van der Waals surface area contributed by atoms with Crippen LogP contribution in [0, 0.1) is 19.8 Å². The predicted molar refractivity (Wildman–Crippen MR) is 89.5 cm³/mol. The first-order chi connectivity index (χ1) is 11.1. The summed E-state index contributed by atoms with van der Waals surface area (Å²) in [5, 5.41) is 10.3. The fourth-order valence-corrected chi connectivity index (χ4v) is 3.68.